The van der Waals surface area contributed by atoms with Gasteiger partial charge in [-0.3, -0.25) is 0 Å². The van der Waals surface area contributed by atoms with E-state index in [-0.39, 0.29) is 60.2 Å². The molecule has 0 spiro atoms. The van der Waals surface area contributed by atoms with Crippen LogP contribution in [0.4, 0.5) is 4.39 Å². The zero-order chi connectivity index (χ0) is 28.8. The number of allylic oxidation sites excluding steroid dienone is 4. The Labute approximate surface area is 222 Å². The molecule has 0 aliphatic rings. The zero-order valence-electron chi connectivity index (χ0n) is 22.2. The molecule has 0 saturated carbocycles. The zero-order valence-corrected chi connectivity index (χ0v) is 22.2. The van der Waals surface area contributed by atoms with Crippen molar-refractivity contribution in [2.24, 2.45) is 0 Å². The molecule has 0 saturated heterocycles. The molecule has 1 aromatic carbocycles. The van der Waals surface area contributed by atoms with Crippen LogP contribution in [0.1, 0.15) is 33.3 Å². The van der Waals surface area contributed by atoms with E-state index in [1.165, 1.54) is 39.8 Å². The molecule has 0 N–H and O–H groups in total. The number of carbonyl (C=O) groups is 3. The molecule has 0 aromatic heterocycles. The summed E-state index contributed by atoms with van der Waals surface area (Å²) in [6.45, 7) is 20.4. The molecular weight excluding hydrogens is 495 g/mol. The topological polar surface area (TPSA) is 97.4 Å². The van der Waals surface area contributed by atoms with Crippen LogP contribution < -0.4 is 9.47 Å². The normalized spacial score (nSPS) is 11.2. The Balaban J connectivity index is 3.09. The summed E-state index contributed by atoms with van der Waals surface area (Å²) in [6, 6.07) is 4.72. The van der Waals surface area contributed by atoms with Crippen LogP contribution >= 0.6 is 0 Å². The van der Waals surface area contributed by atoms with E-state index in [9.17, 15) is 18.8 Å². The fourth-order valence-electron chi connectivity index (χ4n) is 2.54. The molecule has 38 heavy (non-hydrogen) atoms. The van der Waals surface area contributed by atoms with Crippen LogP contribution in [-0.4, -0.2) is 44.3 Å². The molecular formula is C29H33FO8. The predicted octanol–water partition coefficient (Wildman–Crippen LogP) is 5.57. The largest absolute Gasteiger partial charge is 0.490 e. The van der Waals surface area contributed by atoms with Gasteiger partial charge >= 0.3 is 17.9 Å². The van der Waals surface area contributed by atoms with Gasteiger partial charge in [0.2, 0.25) is 0 Å². The Hall–Kier alpha value is -4.40. The quantitative estimate of drug-likeness (QED) is 0.0728. The first-order valence-electron chi connectivity index (χ1n) is 11.5. The summed E-state index contributed by atoms with van der Waals surface area (Å²) in [5.41, 5.74) is 1.23. The van der Waals surface area contributed by atoms with E-state index in [0.29, 0.717) is 11.3 Å². The highest BCUT2D eigenvalue weighted by Crippen LogP contribution is 2.32. The van der Waals surface area contributed by atoms with Gasteiger partial charge in [-0.2, -0.15) is 0 Å². The molecule has 9 heteroatoms. The van der Waals surface area contributed by atoms with Crippen molar-refractivity contribution in [1.82, 2.24) is 0 Å². The van der Waals surface area contributed by atoms with Gasteiger partial charge in [0, 0.05) is 28.3 Å². The second-order valence-electron chi connectivity index (χ2n) is 8.03. The van der Waals surface area contributed by atoms with Crippen molar-refractivity contribution in [2.75, 3.05) is 26.4 Å². The minimum absolute atomic E-state index is 0.00379. The van der Waals surface area contributed by atoms with Gasteiger partial charge < -0.3 is 23.7 Å². The molecule has 8 nitrogen and oxygen atoms in total. The number of esters is 3. The molecule has 0 radical (unpaired) electrons. The molecule has 0 heterocycles. The number of halogens is 1. The van der Waals surface area contributed by atoms with Crippen LogP contribution in [0, 0.1) is 0 Å². The summed E-state index contributed by atoms with van der Waals surface area (Å²) in [5, 5.41) is 0. The van der Waals surface area contributed by atoms with E-state index < -0.39 is 23.7 Å². The lowest BCUT2D eigenvalue weighted by molar-refractivity contribution is -0.140. The highest BCUT2D eigenvalue weighted by Gasteiger charge is 2.15. The predicted molar refractivity (Wildman–Crippen MR) is 142 cm³/mol. The third-order valence-corrected chi connectivity index (χ3v) is 4.50. The van der Waals surface area contributed by atoms with Crippen molar-refractivity contribution >= 4 is 23.5 Å². The minimum atomic E-state index is -0.840. The van der Waals surface area contributed by atoms with Crippen molar-refractivity contribution in [3.63, 3.8) is 0 Å². The van der Waals surface area contributed by atoms with E-state index in [1.807, 2.05) is 0 Å². The van der Waals surface area contributed by atoms with Gasteiger partial charge in [0.15, 0.2) is 11.6 Å². The maximum absolute atomic E-state index is 14.9. The van der Waals surface area contributed by atoms with Crippen LogP contribution in [0.15, 0.2) is 85.0 Å². The SMILES string of the molecule is C=C(C)C(=O)OCCOc1ccc(C(=C)/C=C(F)\C(=C/C)OC(=O)C(=C)C)c(OCCOC(=O)C(=C)C)c1. The van der Waals surface area contributed by atoms with Crippen molar-refractivity contribution in [3.8, 4) is 11.5 Å². The average Bonchev–Trinajstić information content (AvgIpc) is 2.86. The highest BCUT2D eigenvalue weighted by molar-refractivity contribution is 5.88. The van der Waals surface area contributed by atoms with Gasteiger partial charge in [-0.1, -0.05) is 26.3 Å². The number of hydrogen-bond donors (Lipinski definition) is 0. The highest BCUT2D eigenvalue weighted by atomic mass is 19.1. The molecule has 0 bridgehead atoms. The summed E-state index contributed by atoms with van der Waals surface area (Å²) < 4.78 is 41.3. The summed E-state index contributed by atoms with van der Waals surface area (Å²) in [5.74, 6) is -2.37. The molecule has 0 aliphatic carbocycles. The maximum Gasteiger partial charge on any atom is 0.338 e. The van der Waals surface area contributed by atoms with E-state index >= 15 is 0 Å². The first-order valence-corrected chi connectivity index (χ1v) is 11.5. The maximum atomic E-state index is 14.9. The molecule has 204 valence electrons. The molecule has 0 fully saturated rings. The lowest BCUT2D eigenvalue weighted by atomic mass is 10.0. The van der Waals surface area contributed by atoms with Crippen LogP contribution in [-0.2, 0) is 28.6 Å². The third-order valence-electron chi connectivity index (χ3n) is 4.50. The fourth-order valence-corrected chi connectivity index (χ4v) is 2.54. The van der Waals surface area contributed by atoms with Gasteiger partial charge in [-0.25, -0.2) is 18.8 Å². The van der Waals surface area contributed by atoms with E-state index in [4.69, 9.17) is 23.7 Å². The van der Waals surface area contributed by atoms with E-state index in [1.54, 1.807) is 12.1 Å². The van der Waals surface area contributed by atoms with E-state index in [0.717, 1.165) is 6.08 Å². The molecule has 1 rings (SSSR count). The lowest BCUT2D eigenvalue weighted by Gasteiger charge is -2.15. The Morgan fingerprint density at radius 3 is 1.84 bits per heavy atom. The number of rotatable bonds is 15. The Morgan fingerprint density at radius 2 is 1.34 bits per heavy atom. The first-order chi connectivity index (χ1) is 17.9. The second-order valence-corrected chi connectivity index (χ2v) is 8.03. The van der Waals surface area contributed by atoms with Crippen molar-refractivity contribution in [3.05, 3.63) is 90.5 Å². The van der Waals surface area contributed by atoms with Crippen LogP contribution in [0.25, 0.3) is 5.57 Å². The molecule has 1 aromatic rings. The molecule has 0 aliphatic heterocycles. The van der Waals surface area contributed by atoms with Gasteiger partial charge in [0.25, 0.3) is 0 Å². The lowest BCUT2D eigenvalue weighted by Crippen LogP contribution is -2.13. The monoisotopic (exact) mass is 528 g/mol. The Kier molecular flexibility index (Phi) is 13.0. The summed E-state index contributed by atoms with van der Waals surface area (Å²) in [7, 11) is 0. The van der Waals surface area contributed by atoms with Crippen molar-refractivity contribution in [1.29, 1.82) is 0 Å². The van der Waals surface area contributed by atoms with Crippen molar-refractivity contribution in [2.45, 2.75) is 27.7 Å². The molecule has 0 amide bonds. The average molecular weight is 529 g/mol. The van der Waals surface area contributed by atoms with Crippen LogP contribution in [0.3, 0.4) is 0 Å². The number of hydrogen-bond acceptors (Lipinski definition) is 8. The Morgan fingerprint density at radius 1 is 0.816 bits per heavy atom. The third kappa shape index (κ3) is 10.7. The van der Waals surface area contributed by atoms with Gasteiger partial charge in [0.05, 0.1) is 0 Å². The van der Waals surface area contributed by atoms with Crippen LogP contribution in [0.5, 0.6) is 11.5 Å². The first kappa shape index (κ1) is 31.6. The summed E-state index contributed by atoms with van der Waals surface area (Å²) in [4.78, 5) is 34.9. The van der Waals surface area contributed by atoms with Gasteiger partial charge in [-0.15, -0.1) is 0 Å². The van der Waals surface area contributed by atoms with E-state index in [2.05, 4.69) is 26.3 Å². The standard InChI is InChI=1S/C29H33FO8/c1-9-25(38-29(33)20(6)7)24(30)16-21(8)23-11-10-22(34-12-14-36-27(31)18(2)3)17-26(23)35-13-15-37-28(32)19(4)5/h9-11,16-17H,2,4,6,8,12-15H2,1,3,5,7H3/b24-16+,25-9+. The summed E-state index contributed by atoms with van der Waals surface area (Å²) in [6.07, 6.45) is 2.38. The summed E-state index contributed by atoms with van der Waals surface area (Å²) >= 11 is 0. The molecule has 0 unspecified atom stereocenters. The van der Waals surface area contributed by atoms with Crippen molar-refractivity contribution < 1.29 is 42.5 Å². The number of ether oxygens (including phenoxy) is 5. The Bertz CT molecular complexity index is 1170. The van der Waals surface area contributed by atoms with Gasteiger partial charge in [-0.05, 0) is 57.6 Å². The smallest absolute Gasteiger partial charge is 0.338 e. The van der Waals surface area contributed by atoms with Gasteiger partial charge in [0.1, 0.15) is 37.9 Å². The fraction of sp³-hybridized carbons (Fsp3) is 0.276. The minimum Gasteiger partial charge on any atom is -0.490 e. The molecule has 0 atom stereocenters. The number of carbonyl (C=O) groups excluding carboxylic acids is 3. The number of benzene rings is 1. The van der Waals surface area contributed by atoms with Crippen LogP contribution in [0.2, 0.25) is 0 Å². The second kappa shape index (κ2) is 15.7.